The summed E-state index contributed by atoms with van der Waals surface area (Å²) < 4.78 is 28.1. The van der Waals surface area contributed by atoms with Crippen LogP contribution in [-0.4, -0.2) is 10.7 Å². The molecule has 0 aromatic heterocycles. The molecular formula is C23H28O6P-. The molecule has 0 saturated carbocycles. The highest BCUT2D eigenvalue weighted by Gasteiger charge is 2.31. The Hall–Kier alpha value is -2.11. The van der Waals surface area contributed by atoms with Crippen LogP contribution in [0.25, 0.3) is 16.9 Å². The third-order valence-electron chi connectivity index (χ3n) is 4.86. The van der Waals surface area contributed by atoms with Crippen LogP contribution in [0.4, 0.5) is 0 Å². The second kappa shape index (κ2) is 8.56. The topological polar surface area (TPSA) is 88.1 Å². The van der Waals surface area contributed by atoms with Crippen molar-refractivity contribution in [3.05, 3.63) is 53.6 Å². The Labute approximate surface area is 177 Å². The molecule has 1 heterocycles. The highest BCUT2D eigenvalue weighted by atomic mass is 31.2. The molecule has 0 aliphatic carbocycles. The standard InChI is InChI=1S/C23H29O6P/c1-6-7-8-9-17-13-20-22(19-12-15(2)10-11-18(19)16(3)27-20)21(14-17)28-23(4,5)29-30(24,25)26/h10-14H,3,6-9H2,1-2,4-5H3,(H2,24,25,26)/p-1. The molecule has 0 amide bonds. The van der Waals surface area contributed by atoms with Crippen LogP contribution in [0.5, 0.6) is 11.5 Å². The zero-order chi connectivity index (χ0) is 22.1. The third-order valence-corrected chi connectivity index (χ3v) is 5.53. The van der Waals surface area contributed by atoms with E-state index in [0.29, 0.717) is 22.8 Å². The Kier molecular flexibility index (Phi) is 6.44. The highest BCUT2D eigenvalue weighted by Crippen LogP contribution is 2.49. The van der Waals surface area contributed by atoms with Gasteiger partial charge in [-0.1, -0.05) is 50.1 Å². The van der Waals surface area contributed by atoms with Crippen molar-refractivity contribution in [2.24, 2.45) is 0 Å². The summed E-state index contributed by atoms with van der Waals surface area (Å²) >= 11 is 0. The molecule has 1 N–H and O–H groups in total. The molecule has 30 heavy (non-hydrogen) atoms. The summed E-state index contributed by atoms with van der Waals surface area (Å²) in [5.41, 5.74) is 4.50. The first-order valence-electron chi connectivity index (χ1n) is 10.1. The molecule has 1 aliphatic rings. The summed E-state index contributed by atoms with van der Waals surface area (Å²) in [6.45, 7) is 11.0. The van der Waals surface area contributed by atoms with E-state index in [4.69, 9.17) is 18.9 Å². The molecule has 0 fully saturated rings. The molecule has 2 aromatic rings. The summed E-state index contributed by atoms with van der Waals surface area (Å²) in [6, 6.07) is 9.80. The predicted molar refractivity (Wildman–Crippen MR) is 115 cm³/mol. The fourth-order valence-electron chi connectivity index (χ4n) is 3.65. The number of aryl methyl sites for hydroxylation is 2. The maximum absolute atomic E-state index is 11.3. The molecule has 162 valence electrons. The summed E-state index contributed by atoms with van der Waals surface area (Å²) in [5, 5.41) is 0. The number of ether oxygens (including phenoxy) is 2. The molecular weight excluding hydrogens is 403 g/mol. The van der Waals surface area contributed by atoms with Crippen molar-refractivity contribution in [1.29, 1.82) is 0 Å². The van der Waals surface area contributed by atoms with Gasteiger partial charge >= 0.3 is 0 Å². The maximum atomic E-state index is 11.3. The Bertz CT molecular complexity index is 1000. The number of phosphoric ester groups is 1. The van der Waals surface area contributed by atoms with Crippen molar-refractivity contribution in [3.8, 4) is 22.6 Å². The van der Waals surface area contributed by atoms with E-state index in [1.54, 1.807) is 0 Å². The molecule has 2 aromatic carbocycles. The van der Waals surface area contributed by atoms with Crippen LogP contribution in [0.2, 0.25) is 0 Å². The minimum Gasteiger partial charge on any atom is -0.756 e. The quantitative estimate of drug-likeness (QED) is 0.344. The van der Waals surface area contributed by atoms with Crippen LogP contribution in [0, 0.1) is 6.92 Å². The number of phosphoric acid groups is 1. The van der Waals surface area contributed by atoms with E-state index in [1.165, 1.54) is 13.8 Å². The first-order valence-corrected chi connectivity index (χ1v) is 11.6. The number of hydrogen-bond donors (Lipinski definition) is 1. The third kappa shape index (κ3) is 5.32. The van der Waals surface area contributed by atoms with E-state index < -0.39 is 13.6 Å². The minimum atomic E-state index is -4.99. The van der Waals surface area contributed by atoms with Gasteiger partial charge in [0.15, 0.2) is 0 Å². The van der Waals surface area contributed by atoms with E-state index in [0.717, 1.165) is 47.9 Å². The van der Waals surface area contributed by atoms with Crippen molar-refractivity contribution >= 4 is 13.6 Å². The van der Waals surface area contributed by atoms with Gasteiger partial charge in [-0.3, -0.25) is 9.09 Å². The van der Waals surface area contributed by atoms with E-state index in [9.17, 15) is 9.46 Å². The van der Waals surface area contributed by atoms with E-state index in [-0.39, 0.29) is 0 Å². The molecule has 1 atom stereocenters. The fraction of sp³-hybridized carbons (Fsp3) is 0.391. The molecule has 6 nitrogen and oxygen atoms in total. The molecule has 3 rings (SSSR count). The SMILES string of the molecule is C=C1Oc2cc(CCCCC)cc(OC(C)(C)OP(=O)([O-])O)c2-c2cc(C)ccc21. The van der Waals surface area contributed by atoms with Gasteiger partial charge in [0, 0.05) is 25.0 Å². The van der Waals surface area contributed by atoms with E-state index >= 15 is 0 Å². The lowest BCUT2D eigenvalue weighted by molar-refractivity contribution is -0.244. The largest absolute Gasteiger partial charge is 0.756 e. The normalized spacial score (nSPS) is 15.1. The molecule has 0 radical (unpaired) electrons. The van der Waals surface area contributed by atoms with Crippen LogP contribution < -0.4 is 14.4 Å². The summed E-state index contributed by atoms with van der Waals surface area (Å²) in [7, 11) is -4.99. The average Bonchev–Trinajstić information content (AvgIpc) is 2.59. The number of benzene rings is 2. The molecule has 0 bridgehead atoms. The highest BCUT2D eigenvalue weighted by molar-refractivity contribution is 7.44. The van der Waals surface area contributed by atoms with Gasteiger partial charge in [0.2, 0.25) is 5.79 Å². The summed E-state index contributed by atoms with van der Waals surface area (Å²) in [6.07, 6.45) is 4.04. The van der Waals surface area contributed by atoms with E-state index in [2.05, 4.69) is 13.5 Å². The lowest BCUT2D eigenvalue weighted by Crippen LogP contribution is -2.32. The van der Waals surface area contributed by atoms with Crippen molar-refractivity contribution < 1.29 is 28.3 Å². The van der Waals surface area contributed by atoms with Crippen LogP contribution >= 0.6 is 7.82 Å². The monoisotopic (exact) mass is 431 g/mol. The Balaban J connectivity index is 2.12. The van der Waals surface area contributed by atoms with Crippen molar-refractivity contribution in [3.63, 3.8) is 0 Å². The number of hydrogen-bond acceptors (Lipinski definition) is 5. The van der Waals surface area contributed by atoms with Gasteiger partial charge in [-0.25, -0.2) is 0 Å². The first kappa shape index (κ1) is 22.6. The second-order valence-corrected chi connectivity index (χ2v) is 9.18. The van der Waals surface area contributed by atoms with Gasteiger partial charge in [0.05, 0.1) is 5.56 Å². The predicted octanol–water partition coefficient (Wildman–Crippen LogP) is 5.35. The van der Waals surface area contributed by atoms with Crippen LogP contribution in [-0.2, 0) is 15.5 Å². The Morgan fingerprint density at radius 3 is 2.60 bits per heavy atom. The minimum absolute atomic E-state index is 0.428. The smallest absolute Gasteiger partial charge is 0.268 e. The Morgan fingerprint density at radius 1 is 1.20 bits per heavy atom. The van der Waals surface area contributed by atoms with Crippen molar-refractivity contribution in [1.82, 2.24) is 0 Å². The first-order chi connectivity index (χ1) is 14.0. The van der Waals surface area contributed by atoms with Gasteiger partial charge < -0.3 is 19.3 Å². The van der Waals surface area contributed by atoms with Crippen LogP contribution in [0.15, 0.2) is 36.9 Å². The van der Waals surface area contributed by atoms with Crippen molar-refractivity contribution in [2.45, 2.75) is 59.2 Å². The van der Waals surface area contributed by atoms with Crippen molar-refractivity contribution in [2.75, 3.05) is 0 Å². The summed E-state index contributed by atoms with van der Waals surface area (Å²) in [4.78, 5) is 20.5. The van der Waals surface area contributed by atoms with Gasteiger partial charge in [-0.15, -0.1) is 0 Å². The fourth-order valence-corrected chi connectivity index (χ4v) is 4.24. The zero-order valence-corrected chi connectivity index (χ0v) is 18.8. The van der Waals surface area contributed by atoms with Crippen LogP contribution in [0.3, 0.4) is 0 Å². The zero-order valence-electron chi connectivity index (χ0n) is 17.9. The molecule has 0 saturated heterocycles. The average molecular weight is 431 g/mol. The number of rotatable bonds is 8. The van der Waals surface area contributed by atoms with Gasteiger partial charge in [0.1, 0.15) is 17.3 Å². The Morgan fingerprint density at radius 2 is 1.93 bits per heavy atom. The molecule has 1 aliphatic heterocycles. The van der Waals surface area contributed by atoms with Gasteiger partial charge in [-0.05, 0) is 37.5 Å². The molecule has 7 heteroatoms. The summed E-state index contributed by atoms with van der Waals surface area (Å²) in [5.74, 6) is -0.0339. The molecule has 1 unspecified atom stereocenters. The number of unbranched alkanes of at least 4 members (excludes halogenated alkanes) is 2. The molecule has 0 spiro atoms. The lowest BCUT2D eigenvalue weighted by Gasteiger charge is -2.33. The van der Waals surface area contributed by atoms with Gasteiger partial charge in [0.25, 0.3) is 7.82 Å². The van der Waals surface area contributed by atoms with Crippen LogP contribution in [0.1, 0.15) is 56.7 Å². The van der Waals surface area contributed by atoms with E-state index in [1.807, 2.05) is 37.3 Å². The second-order valence-electron chi connectivity index (χ2n) is 8.06. The maximum Gasteiger partial charge on any atom is 0.268 e. The lowest BCUT2D eigenvalue weighted by atomic mass is 9.91. The van der Waals surface area contributed by atoms with Gasteiger partial charge in [-0.2, -0.15) is 0 Å². The number of fused-ring (bicyclic) bond motifs is 3.